The van der Waals surface area contributed by atoms with Crippen LogP contribution in [-0.2, 0) is 57.3 Å². The number of carbonyl (C=O) groups excluding carboxylic acids is 10. The fraction of sp³-hybridized carbons (Fsp3) is 0.273. The molecule has 5 aromatic carbocycles. The van der Waals surface area contributed by atoms with Crippen LogP contribution in [0.4, 0.5) is 5.69 Å². The first kappa shape index (κ1) is 62.4. The molecule has 0 saturated heterocycles. The average Bonchev–Trinajstić information content (AvgIpc) is 2.16. The van der Waals surface area contributed by atoms with Gasteiger partial charge in [0.15, 0.2) is 35.3 Å². The van der Waals surface area contributed by atoms with Gasteiger partial charge in [-0.3, -0.25) is 28.8 Å². The standard InChI is InChI=1S/C66H59NO20S/c1-5-51(68)80-35-45(82-53(70)7-3)33-78-41-25-29-43(30-26-41)84-63(74)37-17-21-39(22-18-37)65(76)86-59-49-15-11-12-16-50(49)60(61-56(59)67-62(88-61)55-57(72)47-13-9-10-14-48(47)58(55)73)87-66(77)40-23-19-38(20-24-40)64(75)85-44-31-27-42(28-32-44)79-34-46(83-54(71)8-4)36-81-52(69)6-2/h5-16,25-32,37-40,45-46,67H,1-4,17-24,33-36H2. The Kier molecular flexibility index (Phi) is 20.5. The molecule has 2 fully saturated rings. The van der Waals surface area contributed by atoms with E-state index in [4.69, 9.17) is 47.4 Å². The molecule has 0 radical (unpaired) electrons. The summed E-state index contributed by atoms with van der Waals surface area (Å²) in [6.07, 6.45) is 4.31. The van der Waals surface area contributed by atoms with Crippen molar-refractivity contribution in [3.05, 3.63) is 169 Å². The first-order valence-corrected chi connectivity index (χ1v) is 28.9. The molecule has 9 rings (SSSR count). The predicted octanol–water partition coefficient (Wildman–Crippen LogP) is 9.69. The van der Waals surface area contributed by atoms with E-state index in [9.17, 15) is 47.9 Å². The number of ketones is 2. The minimum atomic E-state index is -0.951. The van der Waals surface area contributed by atoms with Crippen molar-refractivity contribution in [1.82, 2.24) is 0 Å². The van der Waals surface area contributed by atoms with Gasteiger partial charge in [-0.25, -0.2) is 19.2 Å². The summed E-state index contributed by atoms with van der Waals surface area (Å²) < 4.78 is 55.9. The number of thioether (sulfide) groups is 1. The van der Waals surface area contributed by atoms with E-state index in [2.05, 4.69) is 31.6 Å². The molecule has 2 saturated carbocycles. The predicted molar refractivity (Wildman–Crippen MR) is 315 cm³/mol. The van der Waals surface area contributed by atoms with E-state index < -0.39 is 95.2 Å². The second-order valence-corrected chi connectivity index (χ2v) is 21.6. The second kappa shape index (κ2) is 28.9. The van der Waals surface area contributed by atoms with E-state index in [1.54, 1.807) is 72.8 Å². The SMILES string of the molecule is C=CC(=O)OCC(COc1ccc(OC(=O)C2CCC(C(=O)Oc3c4c(c(OC(=O)C5CCC(C(=O)Oc6ccc(OCC(COC(=O)C=C)OC(=O)C=C)cc6)CC5)c5ccccc35)SC(=C3C(=O)c5ccccc5C3=O)N4)CC2)cc1)OC(=O)C=C. The van der Waals surface area contributed by atoms with E-state index >= 15 is 0 Å². The molecule has 0 bridgehead atoms. The van der Waals surface area contributed by atoms with Crippen LogP contribution in [0.25, 0.3) is 10.8 Å². The molecular formula is C66H59NO20S. The molecular weight excluding hydrogens is 1160 g/mol. The molecule has 88 heavy (non-hydrogen) atoms. The Labute approximate surface area is 508 Å². The van der Waals surface area contributed by atoms with Gasteiger partial charge in [-0.2, -0.15) is 0 Å². The number of anilines is 1. The molecule has 0 aromatic heterocycles. The van der Waals surface area contributed by atoms with Crippen LogP contribution in [0, 0.1) is 23.7 Å². The first-order valence-electron chi connectivity index (χ1n) is 28.1. The molecule has 1 aliphatic heterocycles. The maximum Gasteiger partial charge on any atom is 0.330 e. The number of hydrogen-bond donors (Lipinski definition) is 1. The number of rotatable bonds is 24. The van der Waals surface area contributed by atoms with E-state index in [-0.39, 0.29) is 103 Å². The lowest BCUT2D eigenvalue weighted by molar-refractivity contribution is -0.154. The Bertz CT molecular complexity index is 3410. The average molecular weight is 1220 g/mol. The third-order valence-electron chi connectivity index (χ3n) is 14.8. The van der Waals surface area contributed by atoms with Crippen molar-refractivity contribution >= 4 is 87.5 Å². The highest BCUT2D eigenvalue weighted by molar-refractivity contribution is 8.04. The summed E-state index contributed by atoms with van der Waals surface area (Å²) in [6, 6.07) is 25.6. The second-order valence-electron chi connectivity index (χ2n) is 20.6. The Morgan fingerprint density at radius 2 is 0.807 bits per heavy atom. The maximum absolute atomic E-state index is 14.3. The molecule has 2 unspecified atom stereocenters. The summed E-state index contributed by atoms with van der Waals surface area (Å²) >= 11 is 1.00. The van der Waals surface area contributed by atoms with Crippen molar-refractivity contribution in [2.24, 2.45) is 23.7 Å². The summed E-state index contributed by atoms with van der Waals surface area (Å²) in [6.45, 7) is 12.5. The number of allylic oxidation sites excluding steroid dienone is 1. The maximum atomic E-state index is 14.3. The summed E-state index contributed by atoms with van der Waals surface area (Å²) in [4.78, 5) is 130. The fourth-order valence-corrected chi connectivity index (χ4v) is 11.3. The van der Waals surface area contributed by atoms with E-state index in [0.717, 1.165) is 36.1 Å². The van der Waals surface area contributed by atoms with Gasteiger partial charge in [0, 0.05) is 46.2 Å². The summed E-state index contributed by atoms with van der Waals surface area (Å²) in [5, 5.41) is 4.16. The topological polar surface area (TPSA) is 275 Å². The number of esters is 8. The van der Waals surface area contributed by atoms with Crippen LogP contribution in [-0.4, -0.2) is 98.0 Å². The van der Waals surface area contributed by atoms with Gasteiger partial charge >= 0.3 is 47.8 Å². The number of hydrogen-bond acceptors (Lipinski definition) is 22. The van der Waals surface area contributed by atoms with E-state index in [0.29, 0.717) is 52.9 Å². The highest BCUT2D eigenvalue weighted by Crippen LogP contribution is 2.57. The van der Waals surface area contributed by atoms with Crippen LogP contribution in [0.3, 0.4) is 0 Å². The largest absolute Gasteiger partial charge is 0.490 e. The molecule has 0 amide bonds. The Hall–Kier alpha value is -10.1. The summed E-state index contributed by atoms with van der Waals surface area (Å²) in [5.74, 6) is -7.06. The fourth-order valence-electron chi connectivity index (χ4n) is 10.2. The van der Waals surface area contributed by atoms with Gasteiger partial charge in [-0.15, -0.1) is 0 Å². The minimum Gasteiger partial charge on any atom is -0.490 e. The van der Waals surface area contributed by atoms with E-state index in [1.165, 1.54) is 24.3 Å². The summed E-state index contributed by atoms with van der Waals surface area (Å²) in [7, 11) is 0. The van der Waals surface area contributed by atoms with Crippen LogP contribution in [0.15, 0.2) is 163 Å². The Balaban J connectivity index is 0.839. The van der Waals surface area contributed by atoms with Gasteiger partial charge in [0.2, 0.25) is 0 Å². The molecule has 1 heterocycles. The highest BCUT2D eigenvalue weighted by atomic mass is 32.2. The lowest BCUT2D eigenvalue weighted by Crippen LogP contribution is -2.31. The Morgan fingerprint density at radius 1 is 0.455 bits per heavy atom. The zero-order chi connectivity index (χ0) is 62.4. The normalized spacial score (nSPS) is 18.1. The number of Topliss-reactive ketones (excluding diaryl/α,β-unsaturated/α-hetero) is 2. The van der Waals surface area contributed by atoms with Crippen LogP contribution >= 0.6 is 11.8 Å². The molecule has 21 nitrogen and oxygen atoms in total. The molecule has 1 N–H and O–H groups in total. The zero-order valence-corrected chi connectivity index (χ0v) is 48.2. The van der Waals surface area contributed by atoms with Crippen LogP contribution in [0.1, 0.15) is 72.1 Å². The van der Waals surface area contributed by atoms with Crippen molar-refractivity contribution in [3.8, 4) is 34.5 Å². The number of nitrogens with one attached hydrogen (secondary N) is 1. The van der Waals surface area contributed by atoms with Crippen LogP contribution < -0.4 is 33.7 Å². The highest BCUT2D eigenvalue weighted by Gasteiger charge is 2.42. The number of carbonyl (C=O) groups is 10. The van der Waals surface area contributed by atoms with Gasteiger partial charge in [-0.05, 0) is 99.9 Å². The lowest BCUT2D eigenvalue weighted by Gasteiger charge is -2.27. The van der Waals surface area contributed by atoms with Gasteiger partial charge in [0.05, 0.1) is 33.6 Å². The quantitative estimate of drug-likeness (QED) is 0.0198. The smallest absolute Gasteiger partial charge is 0.330 e. The molecule has 0 spiro atoms. The first-order chi connectivity index (χ1) is 42.5. The minimum absolute atomic E-state index is 0.0809. The number of fused-ring (bicyclic) bond motifs is 3. The van der Waals surface area contributed by atoms with Crippen molar-refractivity contribution in [3.63, 3.8) is 0 Å². The number of ether oxygens (including phenoxy) is 10. The third kappa shape index (κ3) is 15.1. The molecule has 22 heteroatoms. The molecule has 2 atom stereocenters. The van der Waals surface area contributed by atoms with Crippen molar-refractivity contribution in [1.29, 1.82) is 0 Å². The lowest BCUT2D eigenvalue weighted by atomic mass is 9.82. The van der Waals surface area contributed by atoms with Gasteiger partial charge in [-0.1, -0.05) is 86.6 Å². The monoisotopic (exact) mass is 1220 g/mol. The zero-order valence-electron chi connectivity index (χ0n) is 47.4. The molecule has 3 aliphatic carbocycles. The van der Waals surface area contributed by atoms with Gasteiger partial charge in [0.25, 0.3) is 0 Å². The number of benzene rings is 5. The van der Waals surface area contributed by atoms with Crippen molar-refractivity contribution < 1.29 is 95.3 Å². The van der Waals surface area contributed by atoms with Crippen molar-refractivity contribution in [2.45, 2.75) is 68.5 Å². The molecule has 4 aliphatic rings. The van der Waals surface area contributed by atoms with Crippen LogP contribution in [0.5, 0.6) is 34.5 Å². The van der Waals surface area contributed by atoms with Gasteiger partial charge < -0.3 is 52.7 Å². The van der Waals surface area contributed by atoms with Crippen LogP contribution in [0.2, 0.25) is 0 Å². The molecule has 454 valence electrons. The molecule has 5 aromatic rings. The Morgan fingerprint density at radius 3 is 1.20 bits per heavy atom. The van der Waals surface area contributed by atoms with E-state index in [1.807, 2.05) is 0 Å². The summed E-state index contributed by atoms with van der Waals surface area (Å²) in [5.41, 5.74) is 0.532. The third-order valence-corrected chi connectivity index (χ3v) is 15.9. The van der Waals surface area contributed by atoms with Crippen molar-refractivity contribution in [2.75, 3.05) is 31.7 Å². The van der Waals surface area contributed by atoms with Gasteiger partial charge in [0.1, 0.15) is 60.7 Å².